The van der Waals surface area contributed by atoms with Crippen molar-refractivity contribution in [2.45, 2.75) is 45.7 Å². The summed E-state index contributed by atoms with van der Waals surface area (Å²) >= 11 is 0. The molecule has 1 aromatic rings. The molecule has 0 spiro atoms. The highest BCUT2D eigenvalue weighted by Gasteiger charge is 2.12. The number of benzene rings is 1. The monoisotopic (exact) mass is 267 g/mol. The van der Waals surface area contributed by atoms with E-state index < -0.39 is 11.8 Å². The molecule has 0 aliphatic rings. The maximum absolute atomic E-state index is 13.7. The molecule has 0 bridgehead atoms. The van der Waals surface area contributed by atoms with Crippen molar-refractivity contribution in [3.05, 3.63) is 35.1 Å². The van der Waals surface area contributed by atoms with Crippen LogP contribution in [0.4, 0.5) is 4.39 Å². The summed E-state index contributed by atoms with van der Waals surface area (Å²) in [5.41, 5.74) is 0.804. The van der Waals surface area contributed by atoms with Gasteiger partial charge in [-0.15, -0.1) is 0 Å². The predicted octanol–water partition coefficient (Wildman–Crippen LogP) is 3.28. The summed E-state index contributed by atoms with van der Waals surface area (Å²) in [5.74, 6) is -1.18. The Morgan fingerprint density at radius 1 is 1.47 bits per heavy atom. The average Bonchev–Trinajstić information content (AvgIpc) is 2.42. The Balaban J connectivity index is 2.56. The highest BCUT2D eigenvalue weighted by atomic mass is 19.1. The summed E-state index contributed by atoms with van der Waals surface area (Å²) < 4.78 is 18.2. The van der Waals surface area contributed by atoms with Gasteiger partial charge >= 0.3 is 5.97 Å². The molecule has 0 fully saturated rings. The lowest BCUT2D eigenvalue weighted by atomic mass is 10.1. The van der Waals surface area contributed by atoms with Crippen molar-refractivity contribution in [1.29, 1.82) is 0 Å². The molecule has 19 heavy (non-hydrogen) atoms. The van der Waals surface area contributed by atoms with Crippen LogP contribution in [-0.4, -0.2) is 19.1 Å². The lowest BCUT2D eigenvalue weighted by Gasteiger charge is -2.13. The van der Waals surface area contributed by atoms with E-state index in [0.717, 1.165) is 12.0 Å². The number of ether oxygens (including phenoxy) is 1. The van der Waals surface area contributed by atoms with Gasteiger partial charge in [0.15, 0.2) is 0 Å². The number of carbonyl (C=O) groups is 1. The molecule has 0 aliphatic heterocycles. The highest BCUT2D eigenvalue weighted by Crippen LogP contribution is 2.12. The zero-order valence-electron chi connectivity index (χ0n) is 11.8. The van der Waals surface area contributed by atoms with Crippen molar-refractivity contribution < 1.29 is 13.9 Å². The molecule has 4 heteroatoms. The minimum Gasteiger partial charge on any atom is -0.465 e. The minimum absolute atomic E-state index is 0.0229. The van der Waals surface area contributed by atoms with Crippen LogP contribution in [0.1, 0.15) is 49.0 Å². The third kappa shape index (κ3) is 4.99. The Hall–Kier alpha value is -1.42. The van der Waals surface area contributed by atoms with Gasteiger partial charge in [-0.3, -0.25) is 0 Å². The number of unbranched alkanes of at least 4 members (excludes halogenated alkanes) is 1. The zero-order valence-corrected chi connectivity index (χ0v) is 11.8. The number of halogens is 1. The van der Waals surface area contributed by atoms with Gasteiger partial charge in [-0.2, -0.15) is 0 Å². The van der Waals surface area contributed by atoms with Crippen molar-refractivity contribution in [3.63, 3.8) is 0 Å². The minimum atomic E-state index is -0.645. The molecule has 1 aromatic carbocycles. The fraction of sp³-hybridized carbons (Fsp3) is 0.533. The van der Waals surface area contributed by atoms with Gasteiger partial charge < -0.3 is 10.1 Å². The molecular formula is C15H22FNO2. The first kappa shape index (κ1) is 15.6. The second-order valence-corrected chi connectivity index (χ2v) is 4.73. The van der Waals surface area contributed by atoms with Gasteiger partial charge in [0, 0.05) is 12.6 Å². The molecule has 0 heterocycles. The molecule has 0 amide bonds. The molecule has 0 saturated heterocycles. The number of hydrogen-bond donors (Lipinski definition) is 1. The van der Waals surface area contributed by atoms with Gasteiger partial charge in [0.1, 0.15) is 5.82 Å². The summed E-state index contributed by atoms with van der Waals surface area (Å²) in [5, 5.41) is 3.34. The fourth-order valence-electron chi connectivity index (χ4n) is 1.85. The smallest absolute Gasteiger partial charge is 0.340 e. The second kappa shape index (κ2) is 7.89. The average molecular weight is 267 g/mol. The van der Waals surface area contributed by atoms with Crippen LogP contribution >= 0.6 is 0 Å². The SMILES string of the molecule is CCCCC(C)NCc1ccc(C(=O)OC)c(F)c1. The third-order valence-corrected chi connectivity index (χ3v) is 3.08. The van der Waals surface area contributed by atoms with Gasteiger partial charge in [0.05, 0.1) is 12.7 Å². The van der Waals surface area contributed by atoms with E-state index in [2.05, 4.69) is 23.9 Å². The molecule has 1 N–H and O–H groups in total. The van der Waals surface area contributed by atoms with E-state index in [0.29, 0.717) is 12.6 Å². The highest BCUT2D eigenvalue weighted by molar-refractivity contribution is 5.89. The van der Waals surface area contributed by atoms with Gasteiger partial charge in [-0.25, -0.2) is 9.18 Å². The number of esters is 1. The van der Waals surface area contributed by atoms with E-state index >= 15 is 0 Å². The molecule has 0 radical (unpaired) electrons. The first-order valence-corrected chi connectivity index (χ1v) is 6.68. The van der Waals surface area contributed by atoms with Gasteiger partial charge in [0.25, 0.3) is 0 Å². The zero-order chi connectivity index (χ0) is 14.3. The van der Waals surface area contributed by atoms with E-state index in [9.17, 15) is 9.18 Å². The molecule has 0 saturated carbocycles. The van der Waals surface area contributed by atoms with E-state index in [4.69, 9.17) is 0 Å². The lowest BCUT2D eigenvalue weighted by Crippen LogP contribution is -2.25. The Morgan fingerprint density at radius 3 is 2.79 bits per heavy atom. The van der Waals surface area contributed by atoms with Crippen molar-refractivity contribution in [2.75, 3.05) is 7.11 Å². The maximum Gasteiger partial charge on any atom is 0.340 e. The van der Waals surface area contributed by atoms with Gasteiger partial charge in [0.2, 0.25) is 0 Å². The Bertz CT molecular complexity index is 421. The Labute approximate surface area is 114 Å². The van der Waals surface area contributed by atoms with E-state index in [1.165, 1.54) is 32.1 Å². The molecule has 0 aliphatic carbocycles. The number of carbonyl (C=O) groups excluding carboxylic acids is 1. The molecular weight excluding hydrogens is 245 g/mol. The van der Waals surface area contributed by atoms with Crippen LogP contribution in [0.5, 0.6) is 0 Å². The van der Waals surface area contributed by atoms with Crippen molar-refractivity contribution >= 4 is 5.97 Å². The summed E-state index contributed by atoms with van der Waals surface area (Å²) in [6.07, 6.45) is 3.47. The summed E-state index contributed by atoms with van der Waals surface area (Å²) in [6.45, 7) is 4.88. The predicted molar refractivity (Wildman–Crippen MR) is 73.6 cm³/mol. The summed E-state index contributed by atoms with van der Waals surface area (Å²) in [7, 11) is 1.24. The summed E-state index contributed by atoms with van der Waals surface area (Å²) in [6, 6.07) is 5.00. The topological polar surface area (TPSA) is 38.3 Å². The lowest BCUT2D eigenvalue weighted by molar-refractivity contribution is 0.0595. The second-order valence-electron chi connectivity index (χ2n) is 4.73. The van der Waals surface area contributed by atoms with Crippen LogP contribution < -0.4 is 5.32 Å². The third-order valence-electron chi connectivity index (χ3n) is 3.08. The number of rotatable bonds is 7. The van der Waals surface area contributed by atoms with E-state index in [1.807, 2.05) is 0 Å². The Morgan fingerprint density at radius 2 is 2.21 bits per heavy atom. The van der Waals surface area contributed by atoms with Crippen LogP contribution in [0.15, 0.2) is 18.2 Å². The van der Waals surface area contributed by atoms with Crippen molar-refractivity contribution in [1.82, 2.24) is 5.32 Å². The van der Waals surface area contributed by atoms with Crippen LogP contribution in [-0.2, 0) is 11.3 Å². The van der Waals surface area contributed by atoms with E-state index in [1.54, 1.807) is 6.07 Å². The van der Waals surface area contributed by atoms with Crippen molar-refractivity contribution in [2.24, 2.45) is 0 Å². The van der Waals surface area contributed by atoms with E-state index in [-0.39, 0.29) is 5.56 Å². The largest absolute Gasteiger partial charge is 0.465 e. The summed E-state index contributed by atoms with van der Waals surface area (Å²) in [4.78, 5) is 11.3. The van der Waals surface area contributed by atoms with Crippen LogP contribution in [0, 0.1) is 5.82 Å². The first-order chi connectivity index (χ1) is 9.08. The number of hydrogen-bond acceptors (Lipinski definition) is 3. The maximum atomic E-state index is 13.7. The molecule has 0 aromatic heterocycles. The van der Waals surface area contributed by atoms with Gasteiger partial charge in [-0.1, -0.05) is 25.8 Å². The first-order valence-electron chi connectivity index (χ1n) is 6.68. The molecule has 1 rings (SSSR count). The van der Waals surface area contributed by atoms with Crippen LogP contribution in [0.3, 0.4) is 0 Å². The molecule has 1 unspecified atom stereocenters. The standard InChI is InChI=1S/C15H22FNO2/c1-4-5-6-11(2)17-10-12-7-8-13(14(16)9-12)15(18)19-3/h7-9,11,17H,4-6,10H2,1-3H3. The fourth-order valence-corrected chi connectivity index (χ4v) is 1.85. The van der Waals surface area contributed by atoms with Crippen molar-refractivity contribution in [3.8, 4) is 0 Å². The molecule has 106 valence electrons. The van der Waals surface area contributed by atoms with Gasteiger partial charge in [-0.05, 0) is 31.0 Å². The Kier molecular flexibility index (Phi) is 6.50. The molecule has 1 atom stereocenters. The molecule has 3 nitrogen and oxygen atoms in total. The number of methoxy groups -OCH3 is 1. The number of nitrogens with one attached hydrogen (secondary N) is 1. The van der Waals surface area contributed by atoms with Crippen LogP contribution in [0.25, 0.3) is 0 Å². The van der Waals surface area contributed by atoms with Crippen LogP contribution in [0.2, 0.25) is 0 Å². The quantitative estimate of drug-likeness (QED) is 0.770. The normalized spacial score (nSPS) is 12.2.